The third-order valence-corrected chi connectivity index (χ3v) is 9.76. The molecule has 0 aliphatic heterocycles. The second kappa shape index (κ2) is 23.9. The van der Waals surface area contributed by atoms with E-state index in [-0.39, 0.29) is 31.4 Å². The van der Waals surface area contributed by atoms with E-state index in [9.17, 15) is 58.5 Å². The lowest BCUT2D eigenvalue weighted by Crippen LogP contribution is -2.62. The van der Waals surface area contributed by atoms with Gasteiger partial charge in [-0.15, -0.1) is 0 Å². The number of rotatable bonds is 25. The van der Waals surface area contributed by atoms with Crippen LogP contribution in [0.1, 0.15) is 77.8 Å². The van der Waals surface area contributed by atoms with Crippen molar-refractivity contribution in [3.63, 3.8) is 0 Å². The van der Waals surface area contributed by atoms with Gasteiger partial charge in [0.2, 0.25) is 41.4 Å². The Morgan fingerprint density at radius 1 is 0.656 bits per heavy atom. The molecule has 2 rings (SSSR count). The molecule has 0 saturated carbocycles. The summed E-state index contributed by atoms with van der Waals surface area (Å²) in [4.78, 5) is 115. The minimum atomic E-state index is -1.58. The summed E-state index contributed by atoms with van der Waals surface area (Å²) < 4.78 is 0. The lowest BCUT2D eigenvalue weighted by Gasteiger charge is -2.30. The SMILES string of the molecule is CC[C@H](C)[C@H](NC(=O)[C@H](Cc1ccccc1)NC(=O)[C@H](C)NC(=O)C(C)(C)NC(=O)[C@@H](N)CCC(N)=O)C(=O)N[C@@H](CCC(=O)O)C(=O)N[C@@H](Cc1ccc(O)cc1)C(=O)O. The highest BCUT2D eigenvalue weighted by Gasteiger charge is 2.36. The van der Waals surface area contributed by atoms with Crippen molar-refractivity contribution < 1.29 is 58.5 Å². The zero-order chi connectivity index (χ0) is 46.0. The Bertz CT molecular complexity index is 1880. The Balaban J connectivity index is 2.29. The maximum atomic E-state index is 14.0. The summed E-state index contributed by atoms with van der Waals surface area (Å²) in [7, 11) is 0. The number of carbonyl (C=O) groups excluding carboxylic acids is 7. The van der Waals surface area contributed by atoms with Crippen molar-refractivity contribution in [1.82, 2.24) is 31.9 Å². The van der Waals surface area contributed by atoms with Crippen LogP contribution in [0.15, 0.2) is 54.6 Å². The van der Waals surface area contributed by atoms with Crippen LogP contribution in [0.4, 0.5) is 0 Å². The monoisotopic (exact) mass is 854 g/mol. The van der Waals surface area contributed by atoms with Crippen LogP contribution >= 0.6 is 0 Å². The van der Waals surface area contributed by atoms with Gasteiger partial charge in [-0.3, -0.25) is 38.4 Å². The summed E-state index contributed by atoms with van der Waals surface area (Å²) in [6.45, 7) is 7.46. The van der Waals surface area contributed by atoms with Crippen LogP contribution < -0.4 is 43.4 Å². The predicted molar refractivity (Wildman–Crippen MR) is 220 cm³/mol. The number of hydrogen-bond acceptors (Lipinski definition) is 11. The molecule has 20 heteroatoms. The van der Waals surface area contributed by atoms with Crippen molar-refractivity contribution in [2.75, 3.05) is 0 Å². The lowest BCUT2D eigenvalue weighted by molar-refractivity contribution is -0.143. The minimum Gasteiger partial charge on any atom is -0.508 e. The molecule has 20 nitrogen and oxygen atoms in total. The van der Waals surface area contributed by atoms with Crippen LogP contribution in [0, 0.1) is 5.92 Å². The van der Waals surface area contributed by atoms with Crippen molar-refractivity contribution in [3.8, 4) is 5.75 Å². The Morgan fingerprint density at radius 3 is 1.75 bits per heavy atom. The molecule has 0 aromatic heterocycles. The molecule has 2 aromatic rings. The number of phenols is 1. The number of carboxylic acids is 2. The number of benzene rings is 2. The maximum Gasteiger partial charge on any atom is 0.326 e. The van der Waals surface area contributed by atoms with E-state index in [2.05, 4.69) is 31.9 Å². The highest BCUT2D eigenvalue weighted by molar-refractivity contribution is 5.98. The molecule has 0 fully saturated rings. The van der Waals surface area contributed by atoms with Crippen molar-refractivity contribution in [2.45, 2.75) is 121 Å². The fourth-order valence-corrected chi connectivity index (χ4v) is 5.78. The van der Waals surface area contributed by atoms with Gasteiger partial charge >= 0.3 is 11.9 Å². The van der Waals surface area contributed by atoms with Gasteiger partial charge in [0.15, 0.2) is 0 Å². The molecule has 0 heterocycles. The number of hydrogen-bond donors (Lipinski definition) is 11. The van der Waals surface area contributed by atoms with Crippen molar-refractivity contribution in [1.29, 1.82) is 0 Å². The first-order chi connectivity index (χ1) is 28.5. The molecule has 0 radical (unpaired) electrons. The number of primary amides is 1. The third kappa shape index (κ3) is 17.3. The fourth-order valence-electron chi connectivity index (χ4n) is 5.78. The Hall–Kier alpha value is -6.57. The zero-order valence-corrected chi connectivity index (χ0v) is 34.9. The van der Waals surface area contributed by atoms with Gasteiger partial charge in [0.1, 0.15) is 41.5 Å². The normalized spacial score (nSPS) is 14.6. The van der Waals surface area contributed by atoms with Gasteiger partial charge in [0, 0.05) is 25.7 Å². The molecule has 13 N–H and O–H groups in total. The van der Waals surface area contributed by atoms with E-state index in [0.29, 0.717) is 17.5 Å². The molecule has 0 spiro atoms. The Morgan fingerprint density at radius 2 is 1.20 bits per heavy atom. The van der Waals surface area contributed by atoms with E-state index < -0.39 is 114 Å². The van der Waals surface area contributed by atoms with E-state index in [1.807, 2.05) is 0 Å². The topological polar surface area (TPSA) is 339 Å². The number of nitrogens with one attached hydrogen (secondary N) is 6. The van der Waals surface area contributed by atoms with Gasteiger partial charge in [-0.2, -0.15) is 0 Å². The van der Waals surface area contributed by atoms with Crippen LogP contribution in [0.2, 0.25) is 0 Å². The van der Waals surface area contributed by atoms with Crippen molar-refractivity contribution in [2.24, 2.45) is 17.4 Å². The Labute approximate surface area is 353 Å². The number of nitrogens with two attached hydrogens (primary N) is 2. The summed E-state index contributed by atoms with van der Waals surface area (Å²) in [6, 6.07) is 6.06. The number of aromatic hydroxyl groups is 1. The molecule has 0 bridgehead atoms. The number of amides is 7. The van der Waals surface area contributed by atoms with Crippen molar-refractivity contribution in [3.05, 3.63) is 65.7 Å². The largest absolute Gasteiger partial charge is 0.508 e. The van der Waals surface area contributed by atoms with Gasteiger partial charge in [-0.1, -0.05) is 62.7 Å². The molecule has 0 unspecified atom stereocenters. The molecule has 334 valence electrons. The van der Waals surface area contributed by atoms with E-state index in [0.717, 1.165) is 0 Å². The number of aliphatic carboxylic acids is 2. The standard InChI is InChI=1S/C41H58N8O12/c1-6-22(2)33(38(58)45-28(17-19-32(52)53)36(56)47-30(39(59)60)21-25-12-14-26(50)15-13-25)48-37(57)29(20-24-10-8-7-9-11-24)46-34(54)23(3)44-40(61)41(4,5)49-35(55)27(42)16-18-31(43)51/h7-15,22-23,27-30,33,50H,6,16-21,42H2,1-5H3,(H2,43,51)(H,44,61)(H,45,58)(H,46,54)(H,47,56)(H,48,57)(H,49,55)(H,52,53)(H,59,60)/t22-,23-,27-,28-,29-,30-,33-/m0/s1. The first-order valence-electron chi connectivity index (χ1n) is 19.7. The minimum absolute atomic E-state index is 0.0566. The summed E-state index contributed by atoms with van der Waals surface area (Å²) in [5.74, 6) is -9.02. The first kappa shape index (κ1) is 50.6. The van der Waals surface area contributed by atoms with E-state index >= 15 is 0 Å². The van der Waals surface area contributed by atoms with E-state index in [4.69, 9.17) is 11.5 Å². The van der Waals surface area contributed by atoms with Gasteiger partial charge in [-0.05, 0) is 62.8 Å². The summed E-state index contributed by atoms with van der Waals surface area (Å²) in [5.41, 5.74) is 10.4. The second-order valence-electron chi connectivity index (χ2n) is 15.3. The highest BCUT2D eigenvalue weighted by atomic mass is 16.4. The van der Waals surface area contributed by atoms with Crippen molar-refractivity contribution >= 4 is 53.3 Å². The molecule has 7 atom stereocenters. The smallest absolute Gasteiger partial charge is 0.326 e. The van der Waals surface area contributed by atoms with Crippen LogP contribution in [0.3, 0.4) is 0 Å². The van der Waals surface area contributed by atoms with Gasteiger partial charge in [0.25, 0.3) is 0 Å². The van der Waals surface area contributed by atoms with Crippen LogP contribution in [0.5, 0.6) is 5.75 Å². The molecule has 0 aliphatic rings. The molecule has 0 saturated heterocycles. The average Bonchev–Trinajstić information content (AvgIpc) is 3.20. The zero-order valence-electron chi connectivity index (χ0n) is 34.9. The van der Waals surface area contributed by atoms with Crippen LogP contribution in [-0.4, -0.2) is 110 Å². The third-order valence-electron chi connectivity index (χ3n) is 9.76. The summed E-state index contributed by atoms with van der Waals surface area (Å²) in [5, 5.41) is 43.8. The van der Waals surface area contributed by atoms with Gasteiger partial charge in [0.05, 0.1) is 6.04 Å². The fraction of sp³-hybridized carbons (Fsp3) is 0.488. The lowest BCUT2D eigenvalue weighted by atomic mass is 9.96. The van der Waals surface area contributed by atoms with Gasteiger partial charge in [-0.25, -0.2) is 4.79 Å². The summed E-state index contributed by atoms with van der Waals surface area (Å²) >= 11 is 0. The second-order valence-corrected chi connectivity index (χ2v) is 15.3. The summed E-state index contributed by atoms with van der Waals surface area (Å²) in [6.07, 6.45) is -1.16. The number of carbonyl (C=O) groups is 9. The highest BCUT2D eigenvalue weighted by Crippen LogP contribution is 2.14. The number of carboxylic acid groups (broad SMARTS) is 2. The molecule has 2 aromatic carbocycles. The number of phenolic OH excluding ortho intramolecular Hbond substituents is 1. The predicted octanol–water partition coefficient (Wildman–Crippen LogP) is -0.896. The van der Waals surface area contributed by atoms with E-state index in [1.165, 1.54) is 45.0 Å². The molecular weight excluding hydrogens is 796 g/mol. The average molecular weight is 855 g/mol. The maximum absolute atomic E-state index is 14.0. The Kier molecular flexibility index (Phi) is 19.8. The van der Waals surface area contributed by atoms with Crippen LogP contribution in [-0.2, 0) is 56.0 Å². The quantitative estimate of drug-likeness (QED) is 0.0578. The van der Waals surface area contributed by atoms with Crippen LogP contribution in [0.25, 0.3) is 0 Å². The van der Waals surface area contributed by atoms with Gasteiger partial charge < -0.3 is 58.7 Å². The van der Waals surface area contributed by atoms with E-state index in [1.54, 1.807) is 44.2 Å². The first-order valence-corrected chi connectivity index (χ1v) is 19.7. The molecule has 7 amide bonds. The molecule has 61 heavy (non-hydrogen) atoms. The molecular formula is C41H58N8O12. The molecule has 0 aliphatic carbocycles.